The van der Waals surface area contributed by atoms with Crippen molar-refractivity contribution in [2.24, 2.45) is 0 Å². The Kier molecular flexibility index (Phi) is 3.06. The summed E-state index contributed by atoms with van der Waals surface area (Å²) in [6, 6.07) is 6.94. The molecule has 3 rings (SSSR count). The predicted molar refractivity (Wildman–Crippen MR) is 71.5 cm³/mol. The number of hydrogen-bond acceptors (Lipinski definition) is 4. The minimum atomic E-state index is 0.650. The number of hydrogen-bond donors (Lipinski definition) is 1. The van der Waals surface area contributed by atoms with E-state index in [1.807, 2.05) is 13.0 Å². The summed E-state index contributed by atoms with van der Waals surface area (Å²) in [5.41, 5.74) is 3.12. The third-order valence-electron chi connectivity index (χ3n) is 3.65. The Labute approximate surface area is 107 Å². The SMILES string of the molecule is Cc1nc2ccc(CN(C)C3CCNC3)cc2o1. The zero-order valence-corrected chi connectivity index (χ0v) is 10.9. The van der Waals surface area contributed by atoms with Crippen molar-refractivity contribution >= 4 is 11.1 Å². The minimum Gasteiger partial charge on any atom is -0.441 e. The van der Waals surface area contributed by atoms with Gasteiger partial charge in [0.1, 0.15) is 5.52 Å². The number of oxazole rings is 1. The Morgan fingerprint density at radius 2 is 2.39 bits per heavy atom. The second-order valence-electron chi connectivity index (χ2n) is 5.10. The molecule has 18 heavy (non-hydrogen) atoms. The third-order valence-corrected chi connectivity index (χ3v) is 3.65. The van der Waals surface area contributed by atoms with Crippen LogP contribution in [0.4, 0.5) is 0 Å². The van der Waals surface area contributed by atoms with E-state index in [0.717, 1.165) is 36.6 Å². The van der Waals surface area contributed by atoms with Gasteiger partial charge in [0.25, 0.3) is 0 Å². The van der Waals surface area contributed by atoms with Crippen LogP contribution in [0, 0.1) is 6.92 Å². The van der Waals surface area contributed by atoms with Crippen LogP contribution in [0.15, 0.2) is 22.6 Å². The maximum absolute atomic E-state index is 5.57. The van der Waals surface area contributed by atoms with Gasteiger partial charge >= 0.3 is 0 Å². The van der Waals surface area contributed by atoms with E-state index in [4.69, 9.17) is 4.42 Å². The van der Waals surface area contributed by atoms with Crippen LogP contribution >= 0.6 is 0 Å². The average molecular weight is 245 g/mol. The quantitative estimate of drug-likeness (QED) is 0.897. The fraction of sp³-hybridized carbons (Fsp3) is 0.500. The van der Waals surface area contributed by atoms with Crippen LogP contribution in [0.1, 0.15) is 17.9 Å². The smallest absolute Gasteiger partial charge is 0.192 e. The molecule has 1 N–H and O–H groups in total. The average Bonchev–Trinajstić information content (AvgIpc) is 2.95. The molecule has 4 heteroatoms. The number of rotatable bonds is 3. The Morgan fingerprint density at radius 1 is 1.50 bits per heavy atom. The highest BCUT2D eigenvalue weighted by molar-refractivity contribution is 5.73. The molecule has 1 saturated heterocycles. The summed E-state index contributed by atoms with van der Waals surface area (Å²) >= 11 is 0. The number of fused-ring (bicyclic) bond motifs is 1. The van der Waals surface area contributed by atoms with Crippen LogP contribution in [0.25, 0.3) is 11.1 Å². The highest BCUT2D eigenvalue weighted by atomic mass is 16.3. The van der Waals surface area contributed by atoms with Gasteiger partial charge in [0.05, 0.1) is 0 Å². The molecule has 1 aliphatic heterocycles. The lowest BCUT2D eigenvalue weighted by Crippen LogP contribution is -2.32. The van der Waals surface area contributed by atoms with Crippen molar-refractivity contribution in [1.82, 2.24) is 15.2 Å². The Balaban J connectivity index is 1.77. The van der Waals surface area contributed by atoms with E-state index in [2.05, 4.69) is 34.4 Å². The zero-order valence-electron chi connectivity index (χ0n) is 10.9. The van der Waals surface area contributed by atoms with Crippen LogP contribution in [0.2, 0.25) is 0 Å². The number of benzene rings is 1. The molecule has 0 radical (unpaired) electrons. The summed E-state index contributed by atoms with van der Waals surface area (Å²) in [5, 5.41) is 3.40. The first-order valence-electron chi connectivity index (χ1n) is 6.49. The Morgan fingerprint density at radius 3 is 3.17 bits per heavy atom. The molecule has 0 bridgehead atoms. The largest absolute Gasteiger partial charge is 0.441 e. The molecule has 96 valence electrons. The standard InChI is InChI=1S/C14H19N3O/c1-10-16-13-4-3-11(7-14(13)18-10)9-17(2)12-5-6-15-8-12/h3-4,7,12,15H,5-6,8-9H2,1-2H3. The van der Waals surface area contributed by atoms with Crippen LogP contribution in [-0.4, -0.2) is 36.1 Å². The summed E-state index contributed by atoms with van der Waals surface area (Å²) in [6.45, 7) is 5.08. The summed E-state index contributed by atoms with van der Waals surface area (Å²) < 4.78 is 5.57. The molecular weight excluding hydrogens is 226 g/mol. The van der Waals surface area contributed by atoms with Gasteiger partial charge in [-0.2, -0.15) is 0 Å². The van der Waals surface area contributed by atoms with Crippen molar-refractivity contribution in [3.05, 3.63) is 29.7 Å². The second kappa shape index (κ2) is 4.71. The first-order valence-corrected chi connectivity index (χ1v) is 6.49. The lowest BCUT2D eigenvalue weighted by molar-refractivity contribution is 0.249. The normalized spacial score (nSPS) is 20.1. The lowest BCUT2D eigenvalue weighted by atomic mass is 10.1. The molecule has 0 amide bonds. The van der Waals surface area contributed by atoms with Gasteiger partial charge in [-0.25, -0.2) is 4.98 Å². The molecule has 4 nitrogen and oxygen atoms in total. The van der Waals surface area contributed by atoms with Gasteiger partial charge in [-0.15, -0.1) is 0 Å². The molecule has 2 aromatic rings. The number of nitrogens with one attached hydrogen (secondary N) is 1. The van der Waals surface area contributed by atoms with Gasteiger partial charge in [-0.1, -0.05) is 6.07 Å². The molecule has 1 aromatic carbocycles. The van der Waals surface area contributed by atoms with E-state index in [0.29, 0.717) is 6.04 Å². The molecule has 1 aromatic heterocycles. The van der Waals surface area contributed by atoms with Crippen LogP contribution in [0.5, 0.6) is 0 Å². The second-order valence-corrected chi connectivity index (χ2v) is 5.10. The summed E-state index contributed by atoms with van der Waals surface area (Å²) in [7, 11) is 2.19. The van der Waals surface area contributed by atoms with Crippen LogP contribution in [-0.2, 0) is 6.54 Å². The molecule has 1 atom stereocenters. The van der Waals surface area contributed by atoms with Crippen LogP contribution < -0.4 is 5.32 Å². The highest BCUT2D eigenvalue weighted by Crippen LogP contribution is 2.18. The van der Waals surface area contributed by atoms with Gasteiger partial charge in [0.2, 0.25) is 0 Å². The fourth-order valence-corrected chi connectivity index (χ4v) is 2.62. The Bertz CT molecular complexity index is 543. The van der Waals surface area contributed by atoms with Crippen molar-refractivity contribution in [2.45, 2.75) is 25.9 Å². The number of likely N-dealkylation sites (N-methyl/N-ethyl adjacent to an activating group) is 1. The third kappa shape index (κ3) is 2.26. The molecule has 0 aliphatic carbocycles. The molecule has 0 spiro atoms. The van der Waals surface area contributed by atoms with Crippen molar-refractivity contribution < 1.29 is 4.42 Å². The monoisotopic (exact) mass is 245 g/mol. The molecular formula is C14H19N3O. The van der Waals surface area contributed by atoms with E-state index in [9.17, 15) is 0 Å². The van der Waals surface area contributed by atoms with E-state index in [-0.39, 0.29) is 0 Å². The van der Waals surface area contributed by atoms with E-state index < -0.39 is 0 Å². The van der Waals surface area contributed by atoms with Gasteiger partial charge in [0.15, 0.2) is 11.5 Å². The molecule has 1 unspecified atom stereocenters. The van der Waals surface area contributed by atoms with Gasteiger partial charge < -0.3 is 9.73 Å². The van der Waals surface area contributed by atoms with Crippen molar-refractivity contribution in [1.29, 1.82) is 0 Å². The minimum absolute atomic E-state index is 0.650. The highest BCUT2D eigenvalue weighted by Gasteiger charge is 2.19. The zero-order chi connectivity index (χ0) is 12.5. The molecule has 0 saturated carbocycles. The Hall–Kier alpha value is -1.39. The summed E-state index contributed by atoms with van der Waals surface area (Å²) in [4.78, 5) is 6.73. The van der Waals surface area contributed by atoms with Crippen molar-refractivity contribution in [3.63, 3.8) is 0 Å². The van der Waals surface area contributed by atoms with E-state index >= 15 is 0 Å². The maximum Gasteiger partial charge on any atom is 0.192 e. The van der Waals surface area contributed by atoms with E-state index in [1.54, 1.807) is 0 Å². The summed E-state index contributed by atoms with van der Waals surface area (Å²) in [5.74, 6) is 0.732. The first-order chi connectivity index (χ1) is 8.72. The predicted octanol–water partition coefficient (Wildman–Crippen LogP) is 1.93. The first kappa shape index (κ1) is 11.7. The number of aromatic nitrogens is 1. The van der Waals surface area contributed by atoms with Crippen LogP contribution in [0.3, 0.4) is 0 Å². The van der Waals surface area contributed by atoms with Crippen molar-refractivity contribution in [3.8, 4) is 0 Å². The fourth-order valence-electron chi connectivity index (χ4n) is 2.62. The topological polar surface area (TPSA) is 41.3 Å². The van der Waals surface area contributed by atoms with Gasteiger partial charge in [-0.05, 0) is 37.7 Å². The molecule has 2 heterocycles. The number of aryl methyl sites for hydroxylation is 1. The van der Waals surface area contributed by atoms with E-state index in [1.165, 1.54) is 12.0 Å². The van der Waals surface area contributed by atoms with Gasteiger partial charge in [0, 0.05) is 26.1 Å². The summed E-state index contributed by atoms with van der Waals surface area (Å²) in [6.07, 6.45) is 1.24. The van der Waals surface area contributed by atoms with Gasteiger partial charge in [-0.3, -0.25) is 4.90 Å². The molecule has 1 aliphatic rings. The van der Waals surface area contributed by atoms with Crippen molar-refractivity contribution in [2.75, 3.05) is 20.1 Å². The number of nitrogens with zero attached hydrogens (tertiary/aromatic N) is 2. The maximum atomic E-state index is 5.57. The lowest BCUT2D eigenvalue weighted by Gasteiger charge is -2.23. The molecule has 1 fully saturated rings.